The molecule has 2 aromatic carbocycles. The minimum absolute atomic E-state index is 0.428. The highest BCUT2D eigenvalue weighted by molar-refractivity contribution is 5.75. The van der Waals surface area contributed by atoms with E-state index >= 15 is 0 Å². The first-order valence-electron chi connectivity index (χ1n) is 7.75. The molecule has 0 amide bonds. The molecule has 0 fully saturated rings. The van der Waals surface area contributed by atoms with E-state index in [-0.39, 0.29) is 0 Å². The molecule has 3 rings (SSSR count). The number of nitrogens with one attached hydrogen (secondary N) is 1. The van der Waals surface area contributed by atoms with Crippen molar-refractivity contribution in [3.05, 3.63) is 83.7 Å². The van der Waals surface area contributed by atoms with Crippen LogP contribution < -0.4 is 5.32 Å². The molecule has 1 heterocycles. The number of carbonyl (C=O) groups is 1. The predicted octanol–water partition coefficient (Wildman–Crippen LogP) is 3.10. The van der Waals surface area contributed by atoms with Crippen LogP contribution in [0.2, 0.25) is 0 Å². The molecule has 24 heavy (non-hydrogen) atoms. The molecule has 1 atom stereocenters. The molecule has 0 saturated heterocycles. The maximum Gasteiger partial charge on any atom is 0.325 e. The van der Waals surface area contributed by atoms with Crippen LogP contribution >= 0.6 is 0 Å². The van der Waals surface area contributed by atoms with Crippen molar-refractivity contribution in [2.75, 3.05) is 0 Å². The van der Waals surface area contributed by atoms with E-state index in [1.54, 1.807) is 10.9 Å². The topological polar surface area (TPSA) is 67.2 Å². The molecule has 2 N–H and O–H groups in total. The number of carboxylic acids is 1. The second-order valence-electron chi connectivity index (χ2n) is 5.69. The van der Waals surface area contributed by atoms with Crippen LogP contribution in [0.5, 0.6) is 0 Å². The Balaban J connectivity index is 1.70. The van der Waals surface area contributed by atoms with Gasteiger partial charge in [0.05, 0.1) is 11.9 Å². The van der Waals surface area contributed by atoms with E-state index in [0.717, 1.165) is 22.4 Å². The van der Waals surface area contributed by atoms with Crippen LogP contribution in [-0.4, -0.2) is 20.9 Å². The van der Waals surface area contributed by atoms with Gasteiger partial charge in [-0.2, -0.15) is 5.10 Å². The van der Waals surface area contributed by atoms with Crippen LogP contribution in [0, 0.1) is 6.92 Å². The van der Waals surface area contributed by atoms with Crippen LogP contribution in [0.1, 0.15) is 22.7 Å². The lowest BCUT2D eigenvalue weighted by Gasteiger charge is -2.14. The molecule has 0 unspecified atom stereocenters. The first-order chi connectivity index (χ1) is 11.6. The number of benzene rings is 2. The molecule has 0 aliphatic heterocycles. The van der Waals surface area contributed by atoms with Crippen LogP contribution in [0.3, 0.4) is 0 Å². The number of aryl methyl sites for hydroxylation is 1. The lowest BCUT2D eigenvalue weighted by Crippen LogP contribution is -2.28. The fourth-order valence-electron chi connectivity index (χ4n) is 2.50. The van der Waals surface area contributed by atoms with Crippen molar-refractivity contribution in [3.63, 3.8) is 0 Å². The van der Waals surface area contributed by atoms with Crippen LogP contribution in [-0.2, 0) is 11.3 Å². The highest BCUT2D eigenvalue weighted by Crippen LogP contribution is 2.15. The van der Waals surface area contributed by atoms with Crippen LogP contribution in [0.15, 0.2) is 67.0 Å². The van der Waals surface area contributed by atoms with Crippen LogP contribution in [0.4, 0.5) is 0 Å². The van der Waals surface area contributed by atoms with E-state index in [0.29, 0.717) is 6.54 Å². The van der Waals surface area contributed by atoms with Gasteiger partial charge < -0.3 is 5.11 Å². The predicted molar refractivity (Wildman–Crippen MR) is 92.0 cm³/mol. The average molecular weight is 321 g/mol. The van der Waals surface area contributed by atoms with Crippen molar-refractivity contribution in [3.8, 4) is 5.69 Å². The smallest absolute Gasteiger partial charge is 0.325 e. The number of hydrogen-bond donors (Lipinski definition) is 2. The van der Waals surface area contributed by atoms with E-state index in [4.69, 9.17) is 0 Å². The molecular formula is C19H19N3O2. The van der Waals surface area contributed by atoms with Gasteiger partial charge in [0.15, 0.2) is 0 Å². The Morgan fingerprint density at radius 1 is 1.17 bits per heavy atom. The number of para-hydroxylation sites is 1. The van der Waals surface area contributed by atoms with Gasteiger partial charge in [0, 0.05) is 18.3 Å². The molecule has 5 nitrogen and oxygen atoms in total. The zero-order chi connectivity index (χ0) is 16.9. The number of rotatable bonds is 6. The molecule has 3 aromatic rings. The van der Waals surface area contributed by atoms with Crippen molar-refractivity contribution >= 4 is 5.97 Å². The summed E-state index contributed by atoms with van der Waals surface area (Å²) in [7, 11) is 0. The highest BCUT2D eigenvalue weighted by Gasteiger charge is 2.19. The molecule has 0 aliphatic rings. The van der Waals surface area contributed by atoms with Gasteiger partial charge in [-0.3, -0.25) is 10.1 Å². The van der Waals surface area contributed by atoms with Gasteiger partial charge >= 0.3 is 5.97 Å². The van der Waals surface area contributed by atoms with Crippen molar-refractivity contribution in [1.82, 2.24) is 15.1 Å². The summed E-state index contributed by atoms with van der Waals surface area (Å²) in [6.07, 6.45) is 3.64. The largest absolute Gasteiger partial charge is 0.480 e. The Bertz CT molecular complexity index is 810. The maximum absolute atomic E-state index is 11.5. The lowest BCUT2D eigenvalue weighted by atomic mass is 10.1. The summed E-state index contributed by atoms with van der Waals surface area (Å²) in [5.41, 5.74) is 3.74. The second kappa shape index (κ2) is 7.10. The summed E-state index contributed by atoms with van der Waals surface area (Å²) < 4.78 is 1.78. The summed E-state index contributed by atoms with van der Waals surface area (Å²) >= 11 is 0. The Morgan fingerprint density at radius 3 is 2.54 bits per heavy atom. The van der Waals surface area contributed by atoms with Crippen molar-refractivity contribution in [2.45, 2.75) is 19.5 Å². The van der Waals surface area contributed by atoms with E-state index in [9.17, 15) is 9.90 Å². The minimum Gasteiger partial charge on any atom is -0.480 e. The third-order valence-corrected chi connectivity index (χ3v) is 3.82. The van der Waals surface area contributed by atoms with Gasteiger partial charge in [-0.15, -0.1) is 0 Å². The SMILES string of the molecule is Cc1ccc([C@H](NCc2cnn(-c3ccccc3)c2)C(=O)O)cc1. The summed E-state index contributed by atoms with van der Waals surface area (Å²) in [5, 5.41) is 16.9. The second-order valence-corrected chi connectivity index (χ2v) is 5.69. The molecule has 0 spiro atoms. The number of aromatic nitrogens is 2. The Morgan fingerprint density at radius 2 is 1.88 bits per heavy atom. The maximum atomic E-state index is 11.5. The van der Waals surface area contributed by atoms with Crippen LogP contribution in [0.25, 0.3) is 5.69 Å². The minimum atomic E-state index is -0.894. The fourth-order valence-corrected chi connectivity index (χ4v) is 2.50. The highest BCUT2D eigenvalue weighted by atomic mass is 16.4. The Labute approximate surface area is 140 Å². The van der Waals surface area contributed by atoms with E-state index in [2.05, 4.69) is 10.4 Å². The molecule has 0 bridgehead atoms. The fraction of sp³-hybridized carbons (Fsp3) is 0.158. The van der Waals surface area contributed by atoms with Gasteiger partial charge in [0.2, 0.25) is 0 Å². The van der Waals surface area contributed by atoms with Gasteiger partial charge in [-0.05, 0) is 24.6 Å². The van der Waals surface area contributed by atoms with Crippen molar-refractivity contribution < 1.29 is 9.90 Å². The van der Waals surface area contributed by atoms with E-state index in [1.807, 2.05) is 67.7 Å². The number of hydrogen-bond acceptors (Lipinski definition) is 3. The van der Waals surface area contributed by atoms with Gasteiger partial charge in [0.25, 0.3) is 0 Å². The van der Waals surface area contributed by atoms with E-state index in [1.165, 1.54) is 0 Å². The standard InChI is InChI=1S/C19H19N3O2/c1-14-7-9-16(10-8-14)18(19(23)24)20-11-15-12-21-22(13-15)17-5-3-2-4-6-17/h2-10,12-13,18,20H,11H2,1H3,(H,23,24)/t18-/m0/s1. The lowest BCUT2D eigenvalue weighted by molar-refractivity contribution is -0.139. The molecule has 0 saturated carbocycles. The third kappa shape index (κ3) is 3.70. The summed E-state index contributed by atoms with van der Waals surface area (Å²) in [4.78, 5) is 11.5. The van der Waals surface area contributed by atoms with Crippen molar-refractivity contribution in [2.24, 2.45) is 0 Å². The van der Waals surface area contributed by atoms with Gasteiger partial charge in [-0.1, -0.05) is 48.0 Å². The molecule has 5 heteroatoms. The third-order valence-electron chi connectivity index (χ3n) is 3.82. The molecule has 0 aliphatic carbocycles. The molecule has 1 aromatic heterocycles. The van der Waals surface area contributed by atoms with Crippen molar-refractivity contribution in [1.29, 1.82) is 0 Å². The van der Waals surface area contributed by atoms with E-state index < -0.39 is 12.0 Å². The number of aliphatic carboxylic acids is 1. The quantitative estimate of drug-likeness (QED) is 0.732. The van der Waals surface area contributed by atoms with Gasteiger partial charge in [0.1, 0.15) is 6.04 Å². The first-order valence-corrected chi connectivity index (χ1v) is 7.75. The Hall–Kier alpha value is -2.92. The average Bonchev–Trinajstić information content (AvgIpc) is 3.06. The first kappa shape index (κ1) is 16.0. The normalized spacial score (nSPS) is 12.0. The zero-order valence-corrected chi connectivity index (χ0v) is 13.4. The zero-order valence-electron chi connectivity index (χ0n) is 13.4. The summed E-state index contributed by atoms with van der Waals surface area (Å²) in [5.74, 6) is -0.894. The summed E-state index contributed by atoms with van der Waals surface area (Å²) in [6.45, 7) is 2.41. The summed E-state index contributed by atoms with van der Waals surface area (Å²) in [6, 6.07) is 16.6. The number of nitrogens with zero attached hydrogens (tertiary/aromatic N) is 2. The van der Waals surface area contributed by atoms with Gasteiger partial charge in [-0.25, -0.2) is 4.68 Å². The molecule has 0 radical (unpaired) electrons. The molecule has 122 valence electrons. The Kier molecular flexibility index (Phi) is 4.72. The number of carboxylic acid groups (broad SMARTS) is 1. The monoisotopic (exact) mass is 321 g/mol. The molecular weight excluding hydrogens is 302 g/mol.